The first kappa shape index (κ1) is 49.4. The van der Waals surface area contributed by atoms with Gasteiger partial charge in [0.05, 0.1) is 39.1 Å². The van der Waals surface area contributed by atoms with E-state index in [4.69, 9.17) is 47.4 Å². The average molecular weight is 805 g/mol. The third kappa shape index (κ3) is 14.3. The molecule has 0 aromatic heterocycles. The summed E-state index contributed by atoms with van der Waals surface area (Å²) >= 11 is 0. The molecule has 0 aliphatic carbocycles. The van der Waals surface area contributed by atoms with Crippen LogP contribution >= 0.6 is 0 Å². The van der Waals surface area contributed by atoms with E-state index < -0.39 is 117 Å². The Bertz CT molecular complexity index is 1130. The van der Waals surface area contributed by atoms with Crippen LogP contribution in [-0.4, -0.2) is 191 Å². The first-order valence-corrected chi connectivity index (χ1v) is 18.1. The third-order valence-electron chi connectivity index (χ3n) is 8.78. The van der Waals surface area contributed by atoms with Gasteiger partial charge in [0, 0.05) is 19.8 Å². The SMILES string of the molecule is C.CC(=O)OCC1OC(OC2C(OCC(C)C)OCC(OC(C)=O)C2O)C(O)C(O)C1O.CC(C)COC1OCC(C)C(O)C1OC1OCC(O)C(O)C1O. The quantitative estimate of drug-likeness (QED) is 0.0896. The zero-order valence-electron chi connectivity index (χ0n) is 31.7. The molecule has 4 heterocycles. The minimum absolute atomic E-state index is 0. The Morgan fingerprint density at radius 2 is 1.13 bits per heavy atom. The molecule has 8 N–H and O–H groups in total. The third-order valence-corrected chi connectivity index (χ3v) is 8.78. The van der Waals surface area contributed by atoms with Crippen molar-refractivity contribution in [3.8, 4) is 0 Å². The van der Waals surface area contributed by atoms with E-state index >= 15 is 0 Å². The summed E-state index contributed by atoms with van der Waals surface area (Å²) in [7, 11) is 0. The van der Waals surface area contributed by atoms with E-state index in [9.17, 15) is 50.4 Å². The van der Waals surface area contributed by atoms with E-state index in [0.29, 0.717) is 13.2 Å². The smallest absolute Gasteiger partial charge is 0.303 e. The van der Waals surface area contributed by atoms with E-state index in [1.165, 1.54) is 6.92 Å². The molecule has 0 aromatic carbocycles. The molecule has 55 heavy (non-hydrogen) atoms. The summed E-state index contributed by atoms with van der Waals surface area (Å²) in [6, 6.07) is 0. The molecule has 4 fully saturated rings. The molecule has 324 valence electrons. The highest BCUT2D eigenvalue weighted by Gasteiger charge is 2.50. The summed E-state index contributed by atoms with van der Waals surface area (Å²) in [5.41, 5.74) is 0. The Morgan fingerprint density at radius 3 is 1.67 bits per heavy atom. The van der Waals surface area contributed by atoms with Gasteiger partial charge in [-0.2, -0.15) is 0 Å². The second-order valence-corrected chi connectivity index (χ2v) is 14.7. The molecule has 0 aromatic rings. The summed E-state index contributed by atoms with van der Waals surface area (Å²) in [6.07, 6.45) is -20.1. The Hall–Kier alpha value is -1.70. The molecule has 4 aliphatic rings. The molecule has 0 spiro atoms. The first-order chi connectivity index (χ1) is 25.3. The summed E-state index contributed by atoms with van der Waals surface area (Å²) < 4.78 is 54.3. The van der Waals surface area contributed by atoms with Gasteiger partial charge in [-0.1, -0.05) is 42.0 Å². The zero-order chi connectivity index (χ0) is 40.4. The van der Waals surface area contributed by atoms with Crippen LogP contribution in [-0.2, 0) is 57.0 Å². The molecular formula is C35H64O20. The molecule has 0 saturated carbocycles. The van der Waals surface area contributed by atoms with Gasteiger partial charge < -0.3 is 88.2 Å². The molecule has 0 radical (unpaired) electrons. The molecule has 0 amide bonds. The van der Waals surface area contributed by atoms with Crippen molar-refractivity contribution >= 4 is 11.9 Å². The molecule has 20 heteroatoms. The molecule has 17 unspecified atom stereocenters. The van der Waals surface area contributed by atoms with Gasteiger partial charge in [-0.05, 0) is 11.8 Å². The standard InChI is InChI=1S/C19H32O12.C15H28O8.CH4/c1-8(2)5-27-19-17(14(23)12(7-28-19)29-10(4)21)31-18-16(25)15(24)13(22)11(30-18)6-26-9(3)20;1-7(2)4-20-15-13(10(17)8(3)5-21-15)23-14-12(19)11(18)9(16)6-22-14;/h8,11-19,22-25H,5-7H2,1-4H3;7-19H,4-6H2,1-3H3;1H4. The summed E-state index contributed by atoms with van der Waals surface area (Å²) in [5.74, 6) is -1.02. The Kier molecular flexibility index (Phi) is 20.7. The largest absolute Gasteiger partial charge is 0.463 e. The second-order valence-electron chi connectivity index (χ2n) is 14.7. The van der Waals surface area contributed by atoms with Crippen LogP contribution in [0.25, 0.3) is 0 Å². The number of hydrogen-bond acceptors (Lipinski definition) is 20. The van der Waals surface area contributed by atoms with Gasteiger partial charge in [0.25, 0.3) is 0 Å². The lowest BCUT2D eigenvalue weighted by atomic mass is 9.97. The van der Waals surface area contributed by atoms with Gasteiger partial charge >= 0.3 is 11.9 Å². The Morgan fingerprint density at radius 1 is 0.618 bits per heavy atom. The van der Waals surface area contributed by atoms with Crippen LogP contribution in [0.5, 0.6) is 0 Å². The summed E-state index contributed by atoms with van der Waals surface area (Å²) in [4.78, 5) is 22.4. The average Bonchev–Trinajstić information content (AvgIpc) is 3.10. The number of carbonyl (C=O) groups excluding carboxylic acids is 2. The number of ether oxygens (including phenoxy) is 10. The van der Waals surface area contributed by atoms with Gasteiger partial charge in [0.15, 0.2) is 31.3 Å². The number of rotatable bonds is 13. The van der Waals surface area contributed by atoms with Crippen molar-refractivity contribution < 1.29 is 97.8 Å². The fourth-order valence-corrected chi connectivity index (χ4v) is 5.72. The van der Waals surface area contributed by atoms with Gasteiger partial charge in [0.2, 0.25) is 0 Å². The molecule has 4 rings (SSSR count). The highest BCUT2D eigenvalue weighted by molar-refractivity contribution is 5.66. The Balaban J connectivity index is 0.000000389. The fraction of sp³-hybridized carbons (Fsp3) is 0.943. The highest BCUT2D eigenvalue weighted by Crippen LogP contribution is 2.30. The van der Waals surface area contributed by atoms with Crippen molar-refractivity contribution in [2.24, 2.45) is 17.8 Å². The van der Waals surface area contributed by atoms with Crippen LogP contribution < -0.4 is 0 Å². The van der Waals surface area contributed by atoms with Crippen molar-refractivity contribution in [1.29, 1.82) is 0 Å². The Labute approximate surface area is 321 Å². The summed E-state index contributed by atoms with van der Waals surface area (Å²) in [5, 5.41) is 80.8. The van der Waals surface area contributed by atoms with Crippen LogP contribution in [0.2, 0.25) is 0 Å². The van der Waals surface area contributed by atoms with Crippen LogP contribution in [0, 0.1) is 17.8 Å². The maximum absolute atomic E-state index is 11.3. The molecule has 20 nitrogen and oxygen atoms in total. The molecule has 0 bridgehead atoms. The van der Waals surface area contributed by atoms with E-state index in [-0.39, 0.29) is 45.0 Å². The topological polar surface area (TPSA) is 288 Å². The normalized spacial score (nSPS) is 40.8. The highest BCUT2D eigenvalue weighted by atomic mass is 16.8. The second kappa shape index (κ2) is 23.0. The van der Waals surface area contributed by atoms with Crippen LogP contribution in [0.4, 0.5) is 0 Å². The number of aliphatic hydroxyl groups is 8. The fourth-order valence-electron chi connectivity index (χ4n) is 5.72. The predicted molar refractivity (Wildman–Crippen MR) is 185 cm³/mol. The lowest BCUT2D eigenvalue weighted by Gasteiger charge is -2.44. The van der Waals surface area contributed by atoms with E-state index in [1.807, 2.05) is 34.6 Å². The number of esters is 2. The van der Waals surface area contributed by atoms with Crippen molar-refractivity contribution in [2.45, 2.75) is 154 Å². The van der Waals surface area contributed by atoms with Gasteiger partial charge in [-0.25, -0.2) is 0 Å². The zero-order valence-corrected chi connectivity index (χ0v) is 31.7. The molecular weight excluding hydrogens is 740 g/mol. The number of carbonyl (C=O) groups is 2. The minimum atomic E-state index is -1.70. The lowest BCUT2D eigenvalue weighted by molar-refractivity contribution is -0.357. The van der Waals surface area contributed by atoms with Crippen molar-refractivity contribution in [1.82, 2.24) is 0 Å². The van der Waals surface area contributed by atoms with Crippen molar-refractivity contribution in [2.75, 3.05) is 39.6 Å². The van der Waals surface area contributed by atoms with Crippen molar-refractivity contribution in [3.63, 3.8) is 0 Å². The first-order valence-electron chi connectivity index (χ1n) is 18.1. The van der Waals surface area contributed by atoms with Crippen molar-refractivity contribution in [3.05, 3.63) is 0 Å². The molecule has 4 aliphatic heterocycles. The lowest BCUT2D eigenvalue weighted by Crippen LogP contribution is -2.63. The minimum Gasteiger partial charge on any atom is -0.463 e. The maximum atomic E-state index is 11.3. The summed E-state index contributed by atoms with van der Waals surface area (Å²) in [6.45, 7) is 12.3. The number of aliphatic hydroxyl groups excluding tert-OH is 8. The van der Waals surface area contributed by atoms with Gasteiger partial charge in [-0.15, -0.1) is 0 Å². The van der Waals surface area contributed by atoms with E-state index in [0.717, 1.165) is 6.92 Å². The van der Waals surface area contributed by atoms with Crippen LogP contribution in [0.3, 0.4) is 0 Å². The maximum Gasteiger partial charge on any atom is 0.303 e. The van der Waals surface area contributed by atoms with Gasteiger partial charge in [0.1, 0.15) is 67.6 Å². The van der Waals surface area contributed by atoms with E-state index in [1.54, 1.807) is 0 Å². The predicted octanol–water partition coefficient (Wildman–Crippen LogP) is -2.46. The van der Waals surface area contributed by atoms with Gasteiger partial charge in [-0.3, -0.25) is 9.59 Å². The van der Waals surface area contributed by atoms with Crippen LogP contribution in [0.15, 0.2) is 0 Å². The number of hydrogen-bond donors (Lipinski definition) is 8. The van der Waals surface area contributed by atoms with E-state index in [2.05, 4.69) is 0 Å². The molecule has 17 atom stereocenters. The monoisotopic (exact) mass is 804 g/mol. The molecule has 4 saturated heterocycles. The van der Waals surface area contributed by atoms with Crippen LogP contribution in [0.1, 0.15) is 55.9 Å².